The number of amides is 1. The molecule has 0 fully saturated rings. The summed E-state index contributed by atoms with van der Waals surface area (Å²) in [7, 11) is 0. The zero-order chi connectivity index (χ0) is 10.6. The first-order valence-electron chi connectivity index (χ1n) is 4.09. The van der Waals surface area contributed by atoms with Crippen molar-refractivity contribution in [3.8, 4) is 0 Å². The van der Waals surface area contributed by atoms with E-state index in [4.69, 9.17) is 10.2 Å². The van der Waals surface area contributed by atoms with Crippen LogP contribution in [0.25, 0.3) is 0 Å². The van der Waals surface area contributed by atoms with Crippen LogP contribution in [0, 0.1) is 0 Å². The molecule has 0 unspecified atom stereocenters. The van der Waals surface area contributed by atoms with Crippen molar-refractivity contribution < 1.29 is 19.8 Å². The van der Waals surface area contributed by atoms with Crippen molar-refractivity contribution in [1.82, 2.24) is 4.90 Å². The molecule has 0 aliphatic heterocycles. The zero-order valence-corrected chi connectivity index (χ0v) is 8.02. The van der Waals surface area contributed by atoms with E-state index in [1.165, 1.54) is 13.8 Å². The molecular weight excluding hydrogens is 174 g/mol. The minimum Gasteiger partial charge on any atom is -0.480 e. The summed E-state index contributed by atoms with van der Waals surface area (Å²) in [5.41, 5.74) is 0. The Morgan fingerprint density at radius 1 is 1.46 bits per heavy atom. The number of aliphatic carboxylic acids is 1. The summed E-state index contributed by atoms with van der Waals surface area (Å²) in [5.74, 6) is -1.54. The lowest BCUT2D eigenvalue weighted by Gasteiger charge is -2.28. The molecule has 0 aromatic heterocycles. The average molecular weight is 189 g/mol. The second kappa shape index (κ2) is 4.81. The molecule has 0 spiro atoms. The van der Waals surface area contributed by atoms with E-state index in [1.54, 1.807) is 6.92 Å². The van der Waals surface area contributed by atoms with Crippen molar-refractivity contribution in [1.29, 1.82) is 0 Å². The lowest BCUT2D eigenvalue weighted by atomic mass is 10.1. The van der Waals surface area contributed by atoms with Crippen LogP contribution < -0.4 is 0 Å². The first kappa shape index (κ1) is 11.9. The minimum absolute atomic E-state index is 0.275. The van der Waals surface area contributed by atoms with Gasteiger partial charge in [-0.25, -0.2) is 4.79 Å². The first-order valence-corrected chi connectivity index (χ1v) is 4.09. The van der Waals surface area contributed by atoms with Crippen LogP contribution in [0.1, 0.15) is 20.8 Å². The van der Waals surface area contributed by atoms with E-state index in [-0.39, 0.29) is 12.5 Å². The lowest BCUT2D eigenvalue weighted by Crippen LogP contribution is -2.49. The number of carbonyl (C=O) groups is 2. The molecule has 0 heterocycles. The predicted molar refractivity (Wildman–Crippen MR) is 46.2 cm³/mol. The van der Waals surface area contributed by atoms with Gasteiger partial charge in [-0.1, -0.05) is 0 Å². The first-order chi connectivity index (χ1) is 5.91. The molecule has 2 N–H and O–H groups in total. The zero-order valence-electron chi connectivity index (χ0n) is 8.02. The molecule has 5 heteroatoms. The number of carboxylic acid groups (broad SMARTS) is 1. The Labute approximate surface area is 77.0 Å². The largest absolute Gasteiger partial charge is 0.480 e. The maximum Gasteiger partial charge on any atom is 0.329 e. The normalized spacial score (nSPS) is 14.8. The van der Waals surface area contributed by atoms with E-state index in [1.807, 2.05) is 0 Å². The summed E-state index contributed by atoms with van der Waals surface area (Å²) < 4.78 is 0. The van der Waals surface area contributed by atoms with Crippen LogP contribution in [0.5, 0.6) is 0 Å². The molecule has 2 atom stereocenters. The van der Waals surface area contributed by atoms with Crippen molar-refractivity contribution in [3.63, 3.8) is 0 Å². The van der Waals surface area contributed by atoms with Crippen molar-refractivity contribution in [3.05, 3.63) is 0 Å². The van der Waals surface area contributed by atoms with Crippen molar-refractivity contribution in [2.24, 2.45) is 0 Å². The smallest absolute Gasteiger partial charge is 0.329 e. The summed E-state index contributed by atoms with van der Waals surface area (Å²) in [6.45, 7) is 4.57. The van der Waals surface area contributed by atoms with Crippen LogP contribution >= 0.6 is 0 Å². The standard InChI is InChI=1S/C8H15NO4/c1-4-9(6(3)11)7(5(2)10)8(12)13/h5,7,10H,4H2,1-3H3,(H,12,13)/t5-,7+/m1/s1. The highest BCUT2D eigenvalue weighted by molar-refractivity contribution is 5.82. The van der Waals surface area contributed by atoms with Gasteiger partial charge in [-0.15, -0.1) is 0 Å². The lowest BCUT2D eigenvalue weighted by molar-refractivity contribution is -0.153. The van der Waals surface area contributed by atoms with E-state index in [2.05, 4.69) is 0 Å². The van der Waals surface area contributed by atoms with Gasteiger partial charge in [0, 0.05) is 13.5 Å². The van der Waals surface area contributed by atoms with E-state index in [9.17, 15) is 9.59 Å². The summed E-state index contributed by atoms with van der Waals surface area (Å²) in [6.07, 6.45) is -1.07. The molecule has 13 heavy (non-hydrogen) atoms. The van der Waals surface area contributed by atoms with Gasteiger partial charge in [0.05, 0.1) is 6.10 Å². The Morgan fingerprint density at radius 3 is 2.00 bits per heavy atom. The van der Waals surface area contributed by atoms with Crippen LogP contribution in [0.2, 0.25) is 0 Å². The molecule has 0 aromatic rings. The van der Waals surface area contributed by atoms with E-state index in [0.29, 0.717) is 0 Å². The molecule has 0 saturated heterocycles. The van der Waals surface area contributed by atoms with E-state index in [0.717, 1.165) is 4.90 Å². The van der Waals surface area contributed by atoms with Crippen LogP contribution in [-0.4, -0.2) is 45.7 Å². The number of aliphatic hydroxyl groups is 1. The Bertz CT molecular complexity index is 202. The van der Waals surface area contributed by atoms with Gasteiger partial charge in [-0.05, 0) is 13.8 Å². The molecule has 0 aliphatic carbocycles. The maximum atomic E-state index is 11.0. The summed E-state index contributed by atoms with van der Waals surface area (Å²) in [4.78, 5) is 22.8. The highest BCUT2D eigenvalue weighted by Crippen LogP contribution is 2.05. The van der Waals surface area contributed by atoms with Gasteiger partial charge in [-0.3, -0.25) is 4.79 Å². The van der Waals surface area contributed by atoms with Crippen LogP contribution in [0.4, 0.5) is 0 Å². The maximum absolute atomic E-state index is 11.0. The SMILES string of the molecule is CCN(C(C)=O)[C@H](C(=O)O)[C@@H](C)O. The number of hydrogen-bond acceptors (Lipinski definition) is 3. The van der Waals surface area contributed by atoms with Gasteiger partial charge < -0.3 is 15.1 Å². The third kappa shape index (κ3) is 3.02. The van der Waals surface area contributed by atoms with Gasteiger partial charge in [0.15, 0.2) is 6.04 Å². The molecule has 0 aromatic carbocycles. The molecule has 0 aliphatic rings. The van der Waals surface area contributed by atoms with Gasteiger partial charge >= 0.3 is 5.97 Å². The quantitative estimate of drug-likeness (QED) is 0.635. The molecule has 76 valence electrons. The van der Waals surface area contributed by atoms with Crippen LogP contribution in [0.3, 0.4) is 0 Å². The van der Waals surface area contributed by atoms with Crippen molar-refractivity contribution >= 4 is 11.9 Å². The predicted octanol–water partition coefficient (Wildman–Crippen LogP) is -0.311. The number of carboxylic acids is 1. The fraction of sp³-hybridized carbons (Fsp3) is 0.750. The van der Waals surface area contributed by atoms with E-state index >= 15 is 0 Å². The molecule has 5 nitrogen and oxygen atoms in total. The third-order valence-electron chi connectivity index (χ3n) is 1.79. The third-order valence-corrected chi connectivity index (χ3v) is 1.79. The molecule has 0 bridgehead atoms. The van der Waals surface area contributed by atoms with Crippen LogP contribution in [-0.2, 0) is 9.59 Å². The molecular formula is C8H15NO4. The monoisotopic (exact) mass is 189 g/mol. The Kier molecular flexibility index (Phi) is 4.40. The Morgan fingerprint density at radius 2 is 1.92 bits per heavy atom. The molecule has 1 amide bonds. The fourth-order valence-corrected chi connectivity index (χ4v) is 1.22. The second-order valence-corrected chi connectivity index (χ2v) is 2.83. The molecule has 0 saturated carbocycles. The minimum atomic E-state index is -1.19. The summed E-state index contributed by atoms with van der Waals surface area (Å²) >= 11 is 0. The number of likely N-dealkylation sites (N-methyl/N-ethyl adjacent to an activating group) is 1. The Balaban J connectivity index is 4.69. The highest BCUT2D eigenvalue weighted by atomic mass is 16.4. The van der Waals surface area contributed by atoms with Gasteiger partial charge in [0.2, 0.25) is 5.91 Å². The van der Waals surface area contributed by atoms with Gasteiger partial charge in [-0.2, -0.15) is 0 Å². The average Bonchev–Trinajstić information content (AvgIpc) is 1.97. The number of hydrogen-bond donors (Lipinski definition) is 2. The second-order valence-electron chi connectivity index (χ2n) is 2.83. The van der Waals surface area contributed by atoms with Crippen molar-refractivity contribution in [2.75, 3.05) is 6.54 Å². The fourth-order valence-electron chi connectivity index (χ4n) is 1.22. The number of aliphatic hydroxyl groups excluding tert-OH is 1. The van der Waals surface area contributed by atoms with E-state index < -0.39 is 18.1 Å². The van der Waals surface area contributed by atoms with Crippen molar-refractivity contribution in [2.45, 2.75) is 32.9 Å². The molecule has 0 rings (SSSR count). The molecule has 0 radical (unpaired) electrons. The highest BCUT2D eigenvalue weighted by Gasteiger charge is 2.30. The van der Waals surface area contributed by atoms with Crippen LogP contribution in [0.15, 0.2) is 0 Å². The summed E-state index contributed by atoms with van der Waals surface area (Å²) in [5, 5.41) is 17.9. The van der Waals surface area contributed by atoms with Gasteiger partial charge in [0.25, 0.3) is 0 Å². The Hall–Kier alpha value is -1.10. The number of carbonyl (C=O) groups excluding carboxylic acids is 1. The summed E-state index contributed by atoms with van der Waals surface area (Å²) in [6, 6.07) is -1.15. The number of rotatable bonds is 4. The number of nitrogens with zero attached hydrogens (tertiary/aromatic N) is 1. The topological polar surface area (TPSA) is 77.8 Å². The van der Waals surface area contributed by atoms with Gasteiger partial charge in [0.1, 0.15) is 0 Å².